The Morgan fingerprint density at radius 2 is 2.19 bits per heavy atom. The summed E-state index contributed by atoms with van der Waals surface area (Å²) in [5, 5.41) is 9.60. The Morgan fingerprint density at radius 3 is 2.71 bits per heavy atom. The zero-order chi connectivity index (χ0) is 15.4. The minimum absolute atomic E-state index is 0.134. The highest BCUT2D eigenvalue weighted by Crippen LogP contribution is 2.23. The summed E-state index contributed by atoms with van der Waals surface area (Å²) in [6.07, 6.45) is 1.69. The first-order chi connectivity index (χ1) is 9.95. The molecule has 0 spiro atoms. The lowest BCUT2D eigenvalue weighted by Gasteiger charge is -2.33. The van der Waals surface area contributed by atoms with E-state index in [4.69, 9.17) is 11.6 Å². The summed E-state index contributed by atoms with van der Waals surface area (Å²) < 4.78 is 0.756. The zero-order valence-corrected chi connectivity index (χ0v) is 14.2. The molecule has 0 aromatic carbocycles. The smallest absolute Gasteiger partial charge is 0.236 e. The predicted octanol–water partition coefficient (Wildman–Crippen LogP) is 2.45. The van der Waals surface area contributed by atoms with Crippen LogP contribution in [0.15, 0.2) is 12.1 Å². The Morgan fingerprint density at radius 1 is 1.52 bits per heavy atom. The predicted molar refractivity (Wildman–Crippen MR) is 86.6 cm³/mol. The molecule has 2 heterocycles. The summed E-state index contributed by atoms with van der Waals surface area (Å²) in [5.41, 5.74) is 0. The van der Waals surface area contributed by atoms with Gasteiger partial charge in [0.2, 0.25) is 5.91 Å². The quantitative estimate of drug-likeness (QED) is 0.902. The molecular formula is C15H23ClN2O2S. The van der Waals surface area contributed by atoms with Gasteiger partial charge in [0.05, 0.1) is 23.5 Å². The van der Waals surface area contributed by atoms with Crippen LogP contribution in [0.4, 0.5) is 0 Å². The number of amides is 1. The van der Waals surface area contributed by atoms with Gasteiger partial charge < -0.3 is 10.0 Å². The highest BCUT2D eigenvalue weighted by Gasteiger charge is 2.24. The zero-order valence-electron chi connectivity index (χ0n) is 12.6. The molecule has 0 aliphatic carbocycles. The van der Waals surface area contributed by atoms with E-state index in [0.717, 1.165) is 35.1 Å². The van der Waals surface area contributed by atoms with Crippen LogP contribution < -0.4 is 0 Å². The number of carbonyl (C=O) groups excluding carboxylic acids is 1. The highest BCUT2D eigenvalue weighted by molar-refractivity contribution is 7.16. The minimum Gasteiger partial charge on any atom is -0.393 e. The van der Waals surface area contributed by atoms with Crippen LogP contribution >= 0.6 is 22.9 Å². The van der Waals surface area contributed by atoms with Crippen molar-refractivity contribution in [2.45, 2.75) is 32.4 Å². The van der Waals surface area contributed by atoms with Crippen molar-refractivity contribution < 1.29 is 9.90 Å². The van der Waals surface area contributed by atoms with E-state index in [1.165, 1.54) is 11.3 Å². The molecule has 1 unspecified atom stereocenters. The molecule has 1 aliphatic rings. The monoisotopic (exact) mass is 330 g/mol. The van der Waals surface area contributed by atoms with Crippen LogP contribution in [-0.4, -0.2) is 53.6 Å². The van der Waals surface area contributed by atoms with Crippen molar-refractivity contribution >= 4 is 28.8 Å². The summed E-state index contributed by atoms with van der Waals surface area (Å²) in [5.74, 6) is 0.511. The van der Waals surface area contributed by atoms with Gasteiger partial charge in [-0.25, -0.2) is 0 Å². The molecule has 6 heteroatoms. The van der Waals surface area contributed by atoms with E-state index in [9.17, 15) is 9.90 Å². The number of halogens is 1. The summed E-state index contributed by atoms with van der Waals surface area (Å²) in [7, 11) is 1.83. The van der Waals surface area contributed by atoms with Crippen molar-refractivity contribution in [3.05, 3.63) is 21.3 Å². The molecule has 1 aromatic heterocycles. The molecule has 1 N–H and O–H groups in total. The molecule has 1 aromatic rings. The molecule has 21 heavy (non-hydrogen) atoms. The lowest BCUT2D eigenvalue weighted by Crippen LogP contribution is -2.43. The number of thiophene rings is 1. The molecule has 2 rings (SSSR count). The highest BCUT2D eigenvalue weighted by atomic mass is 35.5. The molecule has 1 aliphatic heterocycles. The first kappa shape index (κ1) is 16.7. The molecule has 0 bridgehead atoms. The Balaban J connectivity index is 1.76. The Hall–Kier alpha value is -0.620. The van der Waals surface area contributed by atoms with Crippen molar-refractivity contribution in [2.75, 3.05) is 26.7 Å². The molecule has 1 amide bonds. The molecule has 1 saturated heterocycles. The summed E-state index contributed by atoms with van der Waals surface area (Å²) >= 11 is 7.42. The van der Waals surface area contributed by atoms with E-state index in [0.29, 0.717) is 19.0 Å². The largest absolute Gasteiger partial charge is 0.393 e. The number of hydrogen-bond donors (Lipinski definition) is 1. The number of aliphatic hydroxyl groups is 1. The first-order valence-electron chi connectivity index (χ1n) is 7.34. The lowest BCUT2D eigenvalue weighted by molar-refractivity contribution is -0.132. The van der Waals surface area contributed by atoms with E-state index in [-0.39, 0.29) is 12.0 Å². The van der Waals surface area contributed by atoms with Crippen LogP contribution in [0.5, 0.6) is 0 Å². The average Bonchev–Trinajstić information content (AvgIpc) is 2.84. The fourth-order valence-corrected chi connectivity index (χ4v) is 3.81. The van der Waals surface area contributed by atoms with Gasteiger partial charge in [0.1, 0.15) is 0 Å². The third-order valence-corrected chi connectivity index (χ3v) is 5.34. The van der Waals surface area contributed by atoms with Gasteiger partial charge in [0.25, 0.3) is 0 Å². The van der Waals surface area contributed by atoms with Crippen molar-refractivity contribution in [2.24, 2.45) is 5.92 Å². The van der Waals surface area contributed by atoms with Gasteiger partial charge in [-0.15, -0.1) is 11.3 Å². The topological polar surface area (TPSA) is 43.8 Å². The van der Waals surface area contributed by atoms with Gasteiger partial charge in [-0.3, -0.25) is 9.69 Å². The molecule has 0 radical (unpaired) electrons. The van der Waals surface area contributed by atoms with Gasteiger partial charge in [0, 0.05) is 11.9 Å². The lowest BCUT2D eigenvalue weighted by atomic mass is 9.92. The maximum atomic E-state index is 12.2. The van der Waals surface area contributed by atoms with Crippen LogP contribution in [0.25, 0.3) is 0 Å². The number of likely N-dealkylation sites (N-methyl/N-ethyl adjacent to an activating group) is 1. The van der Waals surface area contributed by atoms with Crippen molar-refractivity contribution in [1.29, 1.82) is 0 Å². The summed E-state index contributed by atoms with van der Waals surface area (Å²) in [6.45, 7) is 4.70. The second-order valence-corrected chi connectivity index (χ2v) is 7.61. The van der Waals surface area contributed by atoms with Gasteiger partial charge in [0.15, 0.2) is 0 Å². The number of rotatable bonds is 5. The Bertz CT molecular complexity index is 470. The number of hydrogen-bond acceptors (Lipinski definition) is 4. The Labute approximate surface area is 135 Å². The fourth-order valence-electron chi connectivity index (χ4n) is 2.66. The molecule has 118 valence electrons. The van der Waals surface area contributed by atoms with Crippen LogP contribution in [0.3, 0.4) is 0 Å². The van der Waals surface area contributed by atoms with Crippen LogP contribution in [-0.2, 0) is 11.3 Å². The molecule has 4 nitrogen and oxygen atoms in total. The SMILES string of the molecule is CC(O)C1CCN(CC(=O)N(C)Cc2ccc(Cl)s2)CC1. The molecular weight excluding hydrogens is 308 g/mol. The maximum absolute atomic E-state index is 12.2. The van der Waals surface area contributed by atoms with Gasteiger partial charge >= 0.3 is 0 Å². The van der Waals surface area contributed by atoms with Gasteiger partial charge in [-0.05, 0) is 50.9 Å². The van der Waals surface area contributed by atoms with Crippen LogP contribution in [0, 0.1) is 5.92 Å². The first-order valence-corrected chi connectivity index (χ1v) is 8.53. The van der Waals surface area contributed by atoms with Gasteiger partial charge in [-0.1, -0.05) is 11.6 Å². The van der Waals surface area contributed by atoms with Crippen molar-refractivity contribution in [3.8, 4) is 0 Å². The van der Waals surface area contributed by atoms with E-state index in [2.05, 4.69) is 4.90 Å². The summed E-state index contributed by atoms with van der Waals surface area (Å²) in [4.78, 5) is 17.3. The standard InChI is InChI=1S/C15H23ClN2O2S/c1-11(19)12-5-7-18(8-6-12)10-15(20)17(2)9-13-3-4-14(16)21-13/h3-4,11-12,19H,5-10H2,1-2H3. The Kier molecular flexibility index (Phi) is 6.05. The minimum atomic E-state index is -0.242. The van der Waals surface area contributed by atoms with Gasteiger partial charge in [-0.2, -0.15) is 0 Å². The van der Waals surface area contributed by atoms with E-state index < -0.39 is 0 Å². The van der Waals surface area contributed by atoms with E-state index in [1.54, 1.807) is 4.90 Å². The summed E-state index contributed by atoms with van der Waals surface area (Å²) in [6, 6.07) is 3.83. The van der Waals surface area contributed by atoms with Crippen LogP contribution in [0.2, 0.25) is 4.34 Å². The fraction of sp³-hybridized carbons (Fsp3) is 0.667. The maximum Gasteiger partial charge on any atom is 0.236 e. The molecule has 1 atom stereocenters. The van der Waals surface area contributed by atoms with Crippen molar-refractivity contribution in [1.82, 2.24) is 9.80 Å². The van der Waals surface area contributed by atoms with E-state index in [1.807, 2.05) is 26.1 Å². The third-order valence-electron chi connectivity index (χ3n) is 4.12. The second-order valence-electron chi connectivity index (χ2n) is 5.81. The average molecular weight is 331 g/mol. The number of carbonyl (C=O) groups is 1. The number of piperidine rings is 1. The number of likely N-dealkylation sites (tertiary alicyclic amines) is 1. The third kappa shape index (κ3) is 4.95. The number of nitrogens with zero attached hydrogens (tertiary/aromatic N) is 2. The second kappa shape index (κ2) is 7.58. The molecule has 1 fully saturated rings. The normalized spacial score (nSPS) is 18.7. The van der Waals surface area contributed by atoms with Crippen molar-refractivity contribution in [3.63, 3.8) is 0 Å². The number of aliphatic hydroxyl groups excluding tert-OH is 1. The van der Waals surface area contributed by atoms with E-state index >= 15 is 0 Å². The molecule has 0 saturated carbocycles. The van der Waals surface area contributed by atoms with Crippen LogP contribution in [0.1, 0.15) is 24.6 Å².